The van der Waals surface area contributed by atoms with Gasteiger partial charge in [-0.3, -0.25) is 9.59 Å². The summed E-state index contributed by atoms with van der Waals surface area (Å²) in [6.07, 6.45) is -0.0614. The number of hydrogen-bond acceptors (Lipinski definition) is 4. The highest BCUT2D eigenvalue weighted by Crippen LogP contribution is 2.24. The first-order valence-corrected chi connectivity index (χ1v) is 8.37. The molecule has 0 bridgehead atoms. The van der Waals surface area contributed by atoms with Gasteiger partial charge in [0.2, 0.25) is 0 Å². The van der Waals surface area contributed by atoms with E-state index >= 15 is 0 Å². The number of carboxylic acids is 1. The van der Waals surface area contributed by atoms with Gasteiger partial charge in [-0.05, 0) is 5.92 Å². The van der Waals surface area contributed by atoms with Crippen molar-refractivity contribution in [3.63, 3.8) is 0 Å². The maximum absolute atomic E-state index is 12.6. The molecule has 0 aliphatic carbocycles. The fourth-order valence-electron chi connectivity index (χ4n) is 2.19. The molecule has 0 fully saturated rings. The highest BCUT2D eigenvalue weighted by atomic mass is 32.1. The van der Waals surface area contributed by atoms with E-state index in [1.54, 1.807) is 10.3 Å². The van der Waals surface area contributed by atoms with E-state index in [1.165, 1.54) is 11.3 Å². The maximum atomic E-state index is 12.6. The van der Waals surface area contributed by atoms with Gasteiger partial charge in [-0.2, -0.15) is 0 Å². The Hall–Kier alpha value is -2.21. The molecule has 1 aromatic heterocycles. The number of thiazole rings is 1. The van der Waals surface area contributed by atoms with Crippen LogP contribution in [0.3, 0.4) is 0 Å². The normalized spacial score (nSPS) is 10.7. The van der Waals surface area contributed by atoms with Crippen molar-refractivity contribution >= 4 is 23.2 Å². The lowest BCUT2D eigenvalue weighted by molar-refractivity contribution is -0.137. The third kappa shape index (κ3) is 4.89. The van der Waals surface area contributed by atoms with Crippen LogP contribution in [0.4, 0.5) is 0 Å². The standard InChI is InChI=1S/C17H20N2O3S/c1-12(2)10-19(9-8-15(20)21)17(22)14-11-23-16(18-14)13-6-4-3-5-7-13/h3-7,11-12H,8-10H2,1-2H3,(H,20,21). The van der Waals surface area contributed by atoms with Gasteiger partial charge in [0, 0.05) is 24.0 Å². The van der Waals surface area contributed by atoms with Crippen molar-refractivity contribution in [3.8, 4) is 10.6 Å². The molecule has 0 aliphatic heterocycles. The summed E-state index contributed by atoms with van der Waals surface area (Å²) in [6.45, 7) is 4.71. The monoisotopic (exact) mass is 332 g/mol. The Morgan fingerprint density at radius 2 is 1.96 bits per heavy atom. The minimum absolute atomic E-state index is 0.0614. The van der Waals surface area contributed by atoms with Crippen LogP contribution in [0.5, 0.6) is 0 Å². The summed E-state index contributed by atoms with van der Waals surface area (Å²) in [5, 5.41) is 11.4. The quantitative estimate of drug-likeness (QED) is 0.844. The Bertz CT molecular complexity index is 667. The van der Waals surface area contributed by atoms with Crippen LogP contribution in [0.1, 0.15) is 30.8 Å². The molecule has 0 unspecified atom stereocenters. The van der Waals surface area contributed by atoms with Crippen molar-refractivity contribution in [2.45, 2.75) is 20.3 Å². The van der Waals surface area contributed by atoms with E-state index in [0.29, 0.717) is 12.2 Å². The number of carboxylic acid groups (broad SMARTS) is 1. The first-order valence-electron chi connectivity index (χ1n) is 7.49. The molecule has 6 heteroatoms. The van der Waals surface area contributed by atoms with E-state index in [9.17, 15) is 9.59 Å². The third-order valence-corrected chi connectivity index (χ3v) is 4.10. The molecule has 1 amide bonds. The summed E-state index contributed by atoms with van der Waals surface area (Å²) in [5.74, 6) is -0.854. The lowest BCUT2D eigenvalue weighted by Crippen LogP contribution is -2.36. The van der Waals surface area contributed by atoms with E-state index < -0.39 is 5.97 Å². The molecule has 122 valence electrons. The van der Waals surface area contributed by atoms with Crippen LogP contribution in [0, 0.1) is 5.92 Å². The maximum Gasteiger partial charge on any atom is 0.305 e. The number of benzene rings is 1. The molecular weight excluding hydrogens is 312 g/mol. The summed E-state index contributed by atoms with van der Waals surface area (Å²) in [4.78, 5) is 29.4. The minimum atomic E-state index is -0.908. The van der Waals surface area contributed by atoms with E-state index in [4.69, 9.17) is 5.11 Å². The van der Waals surface area contributed by atoms with Crippen LogP contribution < -0.4 is 0 Å². The molecule has 0 saturated heterocycles. The SMILES string of the molecule is CC(C)CN(CCC(=O)O)C(=O)c1csc(-c2ccccc2)n1. The number of aliphatic carboxylic acids is 1. The van der Waals surface area contributed by atoms with E-state index in [0.717, 1.165) is 10.6 Å². The van der Waals surface area contributed by atoms with Gasteiger partial charge in [0.1, 0.15) is 10.7 Å². The minimum Gasteiger partial charge on any atom is -0.481 e. The van der Waals surface area contributed by atoms with Crippen LogP contribution in [-0.2, 0) is 4.79 Å². The zero-order valence-electron chi connectivity index (χ0n) is 13.2. The number of carbonyl (C=O) groups is 2. The molecule has 1 heterocycles. The Balaban J connectivity index is 2.16. The molecule has 5 nitrogen and oxygen atoms in total. The van der Waals surface area contributed by atoms with Crippen molar-refractivity contribution in [2.24, 2.45) is 5.92 Å². The van der Waals surface area contributed by atoms with E-state index in [1.807, 2.05) is 44.2 Å². The van der Waals surface area contributed by atoms with Crippen molar-refractivity contribution in [2.75, 3.05) is 13.1 Å². The van der Waals surface area contributed by atoms with Gasteiger partial charge in [-0.1, -0.05) is 44.2 Å². The van der Waals surface area contributed by atoms with Crippen LogP contribution in [0.25, 0.3) is 10.6 Å². The Morgan fingerprint density at radius 1 is 1.26 bits per heavy atom. The molecule has 0 aliphatic rings. The molecule has 2 aromatic rings. The van der Waals surface area contributed by atoms with Crippen LogP contribution in [0.15, 0.2) is 35.7 Å². The summed E-state index contributed by atoms with van der Waals surface area (Å²) in [7, 11) is 0. The zero-order valence-corrected chi connectivity index (χ0v) is 14.0. The fourth-order valence-corrected chi connectivity index (χ4v) is 2.99. The molecular formula is C17H20N2O3S. The first kappa shape index (κ1) is 17.1. The van der Waals surface area contributed by atoms with Crippen LogP contribution >= 0.6 is 11.3 Å². The largest absolute Gasteiger partial charge is 0.481 e. The van der Waals surface area contributed by atoms with Gasteiger partial charge in [-0.15, -0.1) is 11.3 Å². The zero-order chi connectivity index (χ0) is 16.8. The van der Waals surface area contributed by atoms with Gasteiger partial charge in [0.15, 0.2) is 0 Å². The lowest BCUT2D eigenvalue weighted by Gasteiger charge is -2.23. The first-order chi connectivity index (χ1) is 11.0. The van der Waals surface area contributed by atoms with Crippen LogP contribution in [0.2, 0.25) is 0 Å². The van der Waals surface area contributed by atoms with Crippen molar-refractivity contribution < 1.29 is 14.7 Å². The van der Waals surface area contributed by atoms with Crippen molar-refractivity contribution in [1.82, 2.24) is 9.88 Å². The Kier molecular flexibility index (Phi) is 5.87. The number of nitrogens with zero attached hydrogens (tertiary/aromatic N) is 2. The van der Waals surface area contributed by atoms with E-state index in [2.05, 4.69) is 4.98 Å². The molecule has 0 spiro atoms. The number of amides is 1. The average Bonchev–Trinajstić information content (AvgIpc) is 3.01. The van der Waals surface area contributed by atoms with Gasteiger partial charge in [-0.25, -0.2) is 4.98 Å². The number of hydrogen-bond donors (Lipinski definition) is 1. The highest BCUT2D eigenvalue weighted by Gasteiger charge is 2.20. The smallest absolute Gasteiger partial charge is 0.305 e. The second-order valence-corrected chi connectivity index (χ2v) is 6.55. The topological polar surface area (TPSA) is 70.5 Å². The number of aromatic nitrogens is 1. The Labute approximate surface area is 139 Å². The Morgan fingerprint density at radius 3 is 2.57 bits per heavy atom. The third-order valence-electron chi connectivity index (χ3n) is 3.21. The molecule has 0 saturated carbocycles. The van der Waals surface area contributed by atoms with Crippen molar-refractivity contribution in [3.05, 3.63) is 41.4 Å². The molecule has 2 rings (SSSR count). The summed E-state index contributed by atoms with van der Waals surface area (Å²) in [5.41, 5.74) is 1.34. The molecule has 23 heavy (non-hydrogen) atoms. The van der Waals surface area contributed by atoms with Crippen LogP contribution in [-0.4, -0.2) is 40.0 Å². The highest BCUT2D eigenvalue weighted by molar-refractivity contribution is 7.13. The van der Waals surface area contributed by atoms with Gasteiger partial charge in [0.05, 0.1) is 6.42 Å². The van der Waals surface area contributed by atoms with Gasteiger partial charge < -0.3 is 10.0 Å². The van der Waals surface area contributed by atoms with Gasteiger partial charge >= 0.3 is 5.97 Å². The summed E-state index contributed by atoms with van der Waals surface area (Å²) in [6, 6.07) is 9.68. The average molecular weight is 332 g/mol. The summed E-state index contributed by atoms with van der Waals surface area (Å²) >= 11 is 1.42. The number of rotatable bonds is 7. The molecule has 0 radical (unpaired) electrons. The van der Waals surface area contributed by atoms with Gasteiger partial charge in [0.25, 0.3) is 5.91 Å². The fraction of sp³-hybridized carbons (Fsp3) is 0.353. The van der Waals surface area contributed by atoms with Crippen molar-refractivity contribution in [1.29, 1.82) is 0 Å². The second-order valence-electron chi connectivity index (χ2n) is 5.69. The van der Waals surface area contributed by atoms with E-state index in [-0.39, 0.29) is 24.8 Å². The second kappa shape index (κ2) is 7.87. The lowest BCUT2D eigenvalue weighted by atomic mass is 10.2. The molecule has 1 aromatic carbocycles. The molecule has 0 atom stereocenters. The summed E-state index contributed by atoms with van der Waals surface area (Å²) < 4.78 is 0. The number of carbonyl (C=O) groups excluding carboxylic acids is 1. The predicted molar refractivity (Wildman–Crippen MR) is 90.5 cm³/mol. The predicted octanol–water partition coefficient (Wildman–Crippen LogP) is 3.38. The molecule has 1 N–H and O–H groups in total.